The van der Waals surface area contributed by atoms with Crippen molar-refractivity contribution in [2.24, 2.45) is 17.8 Å². The fourth-order valence-electron chi connectivity index (χ4n) is 4.00. The number of halogens is 1. The van der Waals surface area contributed by atoms with Crippen molar-refractivity contribution in [3.8, 4) is 0 Å². The van der Waals surface area contributed by atoms with Gasteiger partial charge in [-0.2, -0.15) is 0 Å². The summed E-state index contributed by atoms with van der Waals surface area (Å²) in [5.41, 5.74) is 0.562. The Bertz CT molecular complexity index is 616. The second kappa shape index (κ2) is 6.91. The zero-order chi connectivity index (χ0) is 17.3. The minimum absolute atomic E-state index is 0.0835. The van der Waals surface area contributed by atoms with Crippen molar-refractivity contribution >= 4 is 17.5 Å². The summed E-state index contributed by atoms with van der Waals surface area (Å²) in [4.78, 5) is 26.8. The molecule has 4 atom stereocenters. The molecule has 1 aromatic rings. The molecule has 1 aliphatic carbocycles. The van der Waals surface area contributed by atoms with Gasteiger partial charge in [-0.3, -0.25) is 9.59 Å². The summed E-state index contributed by atoms with van der Waals surface area (Å²) in [7, 11) is 0. The third-order valence-corrected chi connectivity index (χ3v) is 5.71. The molecule has 2 fully saturated rings. The molecule has 4 nitrogen and oxygen atoms in total. The van der Waals surface area contributed by atoms with Crippen LogP contribution in [-0.2, 0) is 9.59 Å². The van der Waals surface area contributed by atoms with Crippen LogP contribution < -0.4 is 5.32 Å². The van der Waals surface area contributed by atoms with E-state index in [1.54, 1.807) is 0 Å². The van der Waals surface area contributed by atoms with Gasteiger partial charge in [0, 0.05) is 24.7 Å². The molecule has 1 N–H and O–H groups in total. The largest absolute Gasteiger partial charge is 0.339 e. The van der Waals surface area contributed by atoms with Gasteiger partial charge in [-0.1, -0.05) is 26.7 Å². The number of amides is 2. The zero-order valence-electron chi connectivity index (χ0n) is 14.3. The maximum Gasteiger partial charge on any atom is 0.229 e. The van der Waals surface area contributed by atoms with Crippen LogP contribution >= 0.6 is 0 Å². The van der Waals surface area contributed by atoms with E-state index in [0.717, 1.165) is 12.8 Å². The minimum atomic E-state index is -0.337. The Kier molecular flexibility index (Phi) is 4.88. The van der Waals surface area contributed by atoms with E-state index < -0.39 is 0 Å². The monoisotopic (exact) mass is 332 g/mol. The zero-order valence-corrected chi connectivity index (χ0v) is 14.3. The first-order chi connectivity index (χ1) is 11.5. The number of likely N-dealkylation sites (tertiary alicyclic amines) is 1. The Labute approximate surface area is 142 Å². The SMILES string of the molecule is C[C@@H]1[C@H](C)CCC[C@@H]1N1C[C@H](C(=O)Nc2ccc(F)cc2)CC1=O. The number of hydrogen-bond donors (Lipinski definition) is 1. The van der Waals surface area contributed by atoms with Gasteiger partial charge in [0.15, 0.2) is 0 Å². The van der Waals surface area contributed by atoms with Gasteiger partial charge in [0.1, 0.15) is 5.82 Å². The van der Waals surface area contributed by atoms with Gasteiger partial charge in [-0.15, -0.1) is 0 Å². The van der Waals surface area contributed by atoms with Crippen LogP contribution in [0.15, 0.2) is 24.3 Å². The first-order valence-electron chi connectivity index (χ1n) is 8.81. The third-order valence-electron chi connectivity index (χ3n) is 5.71. The number of rotatable bonds is 3. The smallest absolute Gasteiger partial charge is 0.229 e. The fraction of sp³-hybridized carbons (Fsp3) is 0.579. The molecule has 3 rings (SSSR count). The number of benzene rings is 1. The lowest BCUT2D eigenvalue weighted by molar-refractivity contribution is -0.131. The minimum Gasteiger partial charge on any atom is -0.339 e. The number of hydrogen-bond acceptors (Lipinski definition) is 2. The molecule has 24 heavy (non-hydrogen) atoms. The van der Waals surface area contributed by atoms with Crippen molar-refractivity contribution in [2.45, 2.75) is 45.6 Å². The molecule has 0 unspecified atom stereocenters. The summed E-state index contributed by atoms with van der Waals surface area (Å²) in [5.74, 6) is 0.349. The van der Waals surface area contributed by atoms with Gasteiger partial charge < -0.3 is 10.2 Å². The molecule has 0 radical (unpaired) electrons. The second-order valence-corrected chi connectivity index (χ2v) is 7.28. The van der Waals surface area contributed by atoms with Gasteiger partial charge in [0.05, 0.1) is 5.92 Å². The van der Waals surface area contributed by atoms with Gasteiger partial charge in [0.25, 0.3) is 0 Å². The van der Waals surface area contributed by atoms with Crippen LogP contribution in [0.5, 0.6) is 0 Å². The molecule has 1 aromatic carbocycles. The number of carbonyl (C=O) groups excluding carboxylic acids is 2. The highest BCUT2D eigenvalue weighted by atomic mass is 19.1. The Morgan fingerprint density at radius 1 is 1.21 bits per heavy atom. The fourth-order valence-corrected chi connectivity index (χ4v) is 4.00. The summed E-state index contributed by atoms with van der Waals surface area (Å²) >= 11 is 0. The highest BCUT2D eigenvalue weighted by Gasteiger charge is 2.41. The number of anilines is 1. The molecule has 2 aliphatic rings. The van der Waals surface area contributed by atoms with Gasteiger partial charge in [0.2, 0.25) is 11.8 Å². The van der Waals surface area contributed by atoms with E-state index in [9.17, 15) is 14.0 Å². The third kappa shape index (κ3) is 3.45. The summed E-state index contributed by atoms with van der Waals surface area (Å²) < 4.78 is 12.9. The molecular weight excluding hydrogens is 307 g/mol. The number of nitrogens with one attached hydrogen (secondary N) is 1. The normalized spacial score (nSPS) is 30.5. The number of nitrogens with zero attached hydrogens (tertiary/aromatic N) is 1. The van der Waals surface area contributed by atoms with Crippen LogP contribution in [0.4, 0.5) is 10.1 Å². The lowest BCUT2D eigenvalue weighted by Gasteiger charge is -2.40. The lowest BCUT2D eigenvalue weighted by atomic mass is 9.77. The van der Waals surface area contributed by atoms with Crippen LogP contribution in [0.3, 0.4) is 0 Å². The van der Waals surface area contributed by atoms with Gasteiger partial charge >= 0.3 is 0 Å². The summed E-state index contributed by atoms with van der Waals surface area (Å²) in [6, 6.07) is 5.95. The van der Waals surface area contributed by atoms with Gasteiger partial charge in [-0.05, 0) is 42.5 Å². The van der Waals surface area contributed by atoms with Crippen molar-refractivity contribution < 1.29 is 14.0 Å². The molecule has 0 spiro atoms. The molecule has 1 heterocycles. The molecule has 0 aromatic heterocycles. The average molecular weight is 332 g/mol. The van der Waals surface area contributed by atoms with Crippen molar-refractivity contribution in [1.82, 2.24) is 4.90 Å². The number of carbonyl (C=O) groups is 2. The van der Waals surface area contributed by atoms with E-state index in [2.05, 4.69) is 19.2 Å². The first kappa shape index (κ1) is 16.9. The summed E-state index contributed by atoms with van der Waals surface area (Å²) in [5, 5.41) is 2.79. The summed E-state index contributed by atoms with van der Waals surface area (Å²) in [6.07, 6.45) is 3.66. The second-order valence-electron chi connectivity index (χ2n) is 7.28. The Balaban J connectivity index is 1.63. The Hall–Kier alpha value is -1.91. The maximum absolute atomic E-state index is 12.9. The van der Waals surface area contributed by atoms with E-state index in [-0.39, 0.29) is 36.0 Å². The maximum atomic E-state index is 12.9. The predicted molar refractivity (Wildman–Crippen MR) is 90.8 cm³/mol. The van der Waals surface area contributed by atoms with E-state index in [1.165, 1.54) is 30.7 Å². The highest BCUT2D eigenvalue weighted by molar-refractivity contribution is 5.97. The van der Waals surface area contributed by atoms with Crippen molar-refractivity contribution in [2.75, 3.05) is 11.9 Å². The molecule has 2 amide bonds. The van der Waals surface area contributed by atoms with Gasteiger partial charge in [-0.25, -0.2) is 4.39 Å². The van der Waals surface area contributed by atoms with Crippen LogP contribution in [0, 0.1) is 23.6 Å². The van der Waals surface area contributed by atoms with Crippen LogP contribution in [-0.4, -0.2) is 29.3 Å². The van der Waals surface area contributed by atoms with Crippen LogP contribution in [0.1, 0.15) is 39.5 Å². The first-order valence-corrected chi connectivity index (χ1v) is 8.81. The van der Waals surface area contributed by atoms with Crippen molar-refractivity contribution in [3.05, 3.63) is 30.1 Å². The molecule has 1 saturated heterocycles. The predicted octanol–water partition coefficient (Wildman–Crippen LogP) is 3.44. The van der Waals surface area contributed by atoms with E-state index in [0.29, 0.717) is 24.1 Å². The molecule has 130 valence electrons. The molecule has 5 heteroatoms. The highest BCUT2D eigenvalue weighted by Crippen LogP contribution is 2.35. The van der Waals surface area contributed by atoms with Crippen molar-refractivity contribution in [3.63, 3.8) is 0 Å². The van der Waals surface area contributed by atoms with Crippen LogP contribution in [0.25, 0.3) is 0 Å². The molecule has 0 bridgehead atoms. The summed E-state index contributed by atoms with van der Waals surface area (Å²) in [6.45, 7) is 4.96. The van der Waals surface area contributed by atoms with E-state index in [1.807, 2.05) is 4.90 Å². The van der Waals surface area contributed by atoms with E-state index in [4.69, 9.17) is 0 Å². The Morgan fingerprint density at radius 3 is 2.62 bits per heavy atom. The quantitative estimate of drug-likeness (QED) is 0.922. The average Bonchev–Trinajstić information content (AvgIpc) is 2.94. The van der Waals surface area contributed by atoms with E-state index >= 15 is 0 Å². The lowest BCUT2D eigenvalue weighted by Crippen LogP contribution is -2.45. The van der Waals surface area contributed by atoms with Crippen molar-refractivity contribution in [1.29, 1.82) is 0 Å². The van der Waals surface area contributed by atoms with Crippen LogP contribution in [0.2, 0.25) is 0 Å². The molecule has 1 aliphatic heterocycles. The standard InChI is InChI=1S/C19H25FN2O2/c1-12-4-3-5-17(13(12)2)22-11-14(10-18(22)23)19(24)21-16-8-6-15(20)7-9-16/h6-9,12-14,17H,3-5,10-11H2,1-2H3,(H,21,24)/t12-,13-,14-,17+/m1/s1. The topological polar surface area (TPSA) is 49.4 Å². The molecular formula is C19H25FN2O2. The Morgan fingerprint density at radius 2 is 1.92 bits per heavy atom. The molecule has 1 saturated carbocycles.